The van der Waals surface area contributed by atoms with E-state index in [1.165, 1.54) is 0 Å². The Bertz CT molecular complexity index is 328. The number of nitrogens with one attached hydrogen (secondary N) is 1. The zero-order valence-electron chi connectivity index (χ0n) is 10.4. The second-order valence-electron chi connectivity index (χ2n) is 3.93. The lowest BCUT2D eigenvalue weighted by atomic mass is 10.4. The second-order valence-corrected chi connectivity index (χ2v) is 3.93. The summed E-state index contributed by atoms with van der Waals surface area (Å²) in [5, 5.41) is 3.26. The number of methoxy groups -OCH3 is 1. The first-order valence-electron chi connectivity index (χ1n) is 5.40. The van der Waals surface area contributed by atoms with Crippen molar-refractivity contribution in [1.29, 1.82) is 0 Å². The molecule has 1 aromatic heterocycles. The molecule has 1 N–H and O–H groups in total. The molecule has 0 saturated carbocycles. The van der Waals surface area contributed by atoms with E-state index in [0.29, 0.717) is 5.88 Å². The molecule has 0 unspecified atom stereocenters. The number of rotatable bonds is 6. The Hall–Kier alpha value is -1.36. The normalized spacial score (nSPS) is 10.6. The van der Waals surface area contributed by atoms with Crippen molar-refractivity contribution in [3.8, 4) is 5.88 Å². The molecule has 0 saturated heterocycles. The molecule has 0 aliphatic rings. The van der Waals surface area contributed by atoms with E-state index in [1.807, 2.05) is 13.0 Å². The molecule has 0 bridgehead atoms. The van der Waals surface area contributed by atoms with Crippen LogP contribution in [0.25, 0.3) is 0 Å². The second kappa shape index (κ2) is 6.27. The predicted octanol–water partition coefficient (Wildman–Crippen LogP) is 1.16. The van der Waals surface area contributed by atoms with Crippen LogP contribution in [0.1, 0.15) is 12.2 Å². The van der Waals surface area contributed by atoms with Gasteiger partial charge in [0.1, 0.15) is 11.6 Å². The fraction of sp³-hybridized carbons (Fsp3) is 0.636. The van der Waals surface area contributed by atoms with E-state index in [-0.39, 0.29) is 0 Å². The summed E-state index contributed by atoms with van der Waals surface area (Å²) in [6, 6.07) is 1.81. The van der Waals surface area contributed by atoms with Gasteiger partial charge in [0, 0.05) is 12.6 Å². The molecule has 16 heavy (non-hydrogen) atoms. The van der Waals surface area contributed by atoms with E-state index in [1.54, 1.807) is 7.11 Å². The van der Waals surface area contributed by atoms with Gasteiger partial charge in [0.25, 0.3) is 0 Å². The van der Waals surface area contributed by atoms with Crippen LogP contribution in [0.15, 0.2) is 6.07 Å². The molecule has 90 valence electrons. The van der Waals surface area contributed by atoms with Gasteiger partial charge in [0.05, 0.1) is 7.11 Å². The van der Waals surface area contributed by atoms with Crippen LogP contribution >= 0.6 is 0 Å². The molecule has 1 rings (SSSR count). The minimum Gasteiger partial charge on any atom is -0.481 e. The highest BCUT2D eigenvalue weighted by Gasteiger charge is 2.00. The first kappa shape index (κ1) is 12.7. The Morgan fingerprint density at radius 3 is 2.75 bits per heavy atom. The van der Waals surface area contributed by atoms with Gasteiger partial charge in [-0.15, -0.1) is 0 Å². The van der Waals surface area contributed by atoms with Gasteiger partial charge in [0.2, 0.25) is 5.88 Å². The van der Waals surface area contributed by atoms with Gasteiger partial charge >= 0.3 is 0 Å². The summed E-state index contributed by atoms with van der Waals surface area (Å²) in [6.45, 7) is 3.82. The van der Waals surface area contributed by atoms with Crippen molar-refractivity contribution < 1.29 is 4.74 Å². The lowest BCUT2D eigenvalue weighted by molar-refractivity contribution is 0.395. The number of ether oxygens (including phenoxy) is 1. The van der Waals surface area contributed by atoms with Gasteiger partial charge in [-0.2, -0.15) is 4.98 Å². The molecular formula is C11H20N4O. The summed E-state index contributed by atoms with van der Waals surface area (Å²) in [7, 11) is 5.74. The lowest BCUT2D eigenvalue weighted by Gasteiger charge is -2.10. The van der Waals surface area contributed by atoms with Crippen molar-refractivity contribution in [3.05, 3.63) is 11.9 Å². The lowest BCUT2D eigenvalue weighted by Crippen LogP contribution is -2.16. The largest absolute Gasteiger partial charge is 0.481 e. The number of anilines is 1. The Labute approximate surface area is 96.8 Å². The number of nitrogens with zero attached hydrogens (tertiary/aromatic N) is 3. The van der Waals surface area contributed by atoms with Crippen LogP contribution < -0.4 is 10.1 Å². The average molecular weight is 224 g/mol. The molecule has 0 aliphatic heterocycles. The van der Waals surface area contributed by atoms with E-state index >= 15 is 0 Å². The van der Waals surface area contributed by atoms with Crippen molar-refractivity contribution in [1.82, 2.24) is 14.9 Å². The van der Waals surface area contributed by atoms with Crippen molar-refractivity contribution >= 4 is 5.82 Å². The molecule has 5 nitrogen and oxygen atoms in total. The van der Waals surface area contributed by atoms with E-state index in [9.17, 15) is 0 Å². The Kier molecular flexibility index (Phi) is 4.98. The summed E-state index contributed by atoms with van der Waals surface area (Å²) in [4.78, 5) is 10.6. The van der Waals surface area contributed by atoms with Crippen LogP contribution in [0.5, 0.6) is 5.88 Å². The fourth-order valence-corrected chi connectivity index (χ4v) is 1.35. The molecule has 0 atom stereocenters. The average Bonchev–Trinajstić information content (AvgIpc) is 2.23. The number of aromatic nitrogens is 2. The molecule has 0 aromatic carbocycles. The zero-order chi connectivity index (χ0) is 12.0. The molecule has 0 radical (unpaired) electrons. The molecule has 5 heteroatoms. The van der Waals surface area contributed by atoms with Crippen molar-refractivity contribution in [3.63, 3.8) is 0 Å². The maximum absolute atomic E-state index is 5.08. The Balaban J connectivity index is 2.44. The van der Waals surface area contributed by atoms with E-state index < -0.39 is 0 Å². The third-order valence-corrected chi connectivity index (χ3v) is 2.11. The minimum atomic E-state index is 0.600. The van der Waals surface area contributed by atoms with Gasteiger partial charge in [-0.05, 0) is 34.0 Å². The monoisotopic (exact) mass is 224 g/mol. The van der Waals surface area contributed by atoms with E-state index in [2.05, 4.69) is 34.3 Å². The highest BCUT2D eigenvalue weighted by molar-refractivity contribution is 5.38. The minimum absolute atomic E-state index is 0.600. The highest BCUT2D eigenvalue weighted by Crippen LogP contribution is 2.12. The van der Waals surface area contributed by atoms with Crippen molar-refractivity contribution in [2.75, 3.05) is 39.6 Å². The van der Waals surface area contributed by atoms with Gasteiger partial charge in [-0.3, -0.25) is 0 Å². The highest BCUT2D eigenvalue weighted by atomic mass is 16.5. The van der Waals surface area contributed by atoms with Crippen LogP contribution in [0, 0.1) is 6.92 Å². The number of aryl methyl sites for hydroxylation is 1. The summed E-state index contributed by atoms with van der Waals surface area (Å²) in [6.07, 6.45) is 1.08. The maximum Gasteiger partial charge on any atom is 0.218 e. The fourth-order valence-electron chi connectivity index (χ4n) is 1.35. The molecule has 1 aromatic rings. The quantitative estimate of drug-likeness (QED) is 0.735. The standard InChI is InChI=1S/C11H20N4O/c1-9-13-10(8-11(14-9)16-4)12-6-5-7-15(2)3/h8H,5-7H2,1-4H3,(H,12,13,14). The first-order valence-corrected chi connectivity index (χ1v) is 5.40. The predicted molar refractivity (Wildman–Crippen MR) is 65.0 cm³/mol. The molecule has 0 fully saturated rings. The van der Waals surface area contributed by atoms with E-state index in [4.69, 9.17) is 4.74 Å². The van der Waals surface area contributed by atoms with Gasteiger partial charge in [0.15, 0.2) is 0 Å². The van der Waals surface area contributed by atoms with E-state index in [0.717, 1.165) is 31.2 Å². The molecular weight excluding hydrogens is 204 g/mol. The Morgan fingerprint density at radius 2 is 2.12 bits per heavy atom. The molecule has 1 heterocycles. The van der Waals surface area contributed by atoms with Crippen molar-refractivity contribution in [2.24, 2.45) is 0 Å². The molecule has 0 amide bonds. The SMILES string of the molecule is COc1cc(NCCCN(C)C)nc(C)n1. The summed E-state index contributed by atoms with van der Waals surface area (Å²) in [5.41, 5.74) is 0. The summed E-state index contributed by atoms with van der Waals surface area (Å²) < 4.78 is 5.08. The first-order chi connectivity index (χ1) is 7.61. The van der Waals surface area contributed by atoms with Crippen LogP contribution in [0.4, 0.5) is 5.82 Å². The number of hydrogen-bond donors (Lipinski definition) is 1. The molecule has 0 spiro atoms. The third-order valence-electron chi connectivity index (χ3n) is 2.11. The summed E-state index contributed by atoms with van der Waals surface area (Å²) in [5.74, 6) is 2.14. The van der Waals surface area contributed by atoms with Gasteiger partial charge in [-0.25, -0.2) is 4.98 Å². The van der Waals surface area contributed by atoms with Crippen LogP contribution in [-0.2, 0) is 0 Å². The molecule has 0 aliphatic carbocycles. The van der Waals surface area contributed by atoms with Crippen LogP contribution in [0.3, 0.4) is 0 Å². The van der Waals surface area contributed by atoms with Crippen LogP contribution in [-0.4, -0.2) is 49.2 Å². The topological polar surface area (TPSA) is 50.3 Å². The third kappa shape index (κ3) is 4.44. The maximum atomic E-state index is 5.08. The zero-order valence-corrected chi connectivity index (χ0v) is 10.4. The summed E-state index contributed by atoms with van der Waals surface area (Å²) >= 11 is 0. The van der Waals surface area contributed by atoms with Crippen molar-refractivity contribution in [2.45, 2.75) is 13.3 Å². The van der Waals surface area contributed by atoms with Crippen LogP contribution in [0.2, 0.25) is 0 Å². The number of hydrogen-bond acceptors (Lipinski definition) is 5. The van der Waals surface area contributed by atoms with Gasteiger partial charge < -0.3 is 15.0 Å². The van der Waals surface area contributed by atoms with Gasteiger partial charge in [-0.1, -0.05) is 0 Å². The Morgan fingerprint density at radius 1 is 1.38 bits per heavy atom. The smallest absolute Gasteiger partial charge is 0.218 e.